The van der Waals surface area contributed by atoms with Crippen LogP contribution >= 0.6 is 0 Å². The topological polar surface area (TPSA) is 53.1 Å². The van der Waals surface area contributed by atoms with Crippen molar-refractivity contribution in [2.75, 3.05) is 13.2 Å². The molecule has 4 heteroatoms. The van der Waals surface area contributed by atoms with Crippen molar-refractivity contribution >= 4 is 0 Å². The second kappa shape index (κ2) is 6.01. The van der Waals surface area contributed by atoms with Gasteiger partial charge in [-0.25, -0.2) is 0 Å². The summed E-state index contributed by atoms with van der Waals surface area (Å²) in [5.41, 5.74) is 6.83. The average Bonchev–Trinajstić information content (AvgIpc) is 2.71. The average molecular weight is 225 g/mol. The lowest BCUT2D eigenvalue weighted by Gasteiger charge is -2.30. The Bertz CT molecular complexity index is 297. The van der Waals surface area contributed by atoms with Crippen LogP contribution in [0.1, 0.15) is 32.4 Å². The van der Waals surface area contributed by atoms with Crippen molar-refractivity contribution < 1.29 is 4.74 Å². The van der Waals surface area contributed by atoms with Crippen molar-refractivity contribution in [1.29, 1.82) is 0 Å². The van der Waals surface area contributed by atoms with E-state index in [2.05, 4.69) is 18.9 Å². The van der Waals surface area contributed by atoms with Gasteiger partial charge in [-0.1, -0.05) is 13.8 Å². The number of aryl methyl sites for hydroxylation is 1. The molecule has 0 bridgehead atoms. The van der Waals surface area contributed by atoms with Crippen LogP contribution in [-0.2, 0) is 18.2 Å². The van der Waals surface area contributed by atoms with Gasteiger partial charge in [0.25, 0.3) is 0 Å². The van der Waals surface area contributed by atoms with Gasteiger partial charge in [0.15, 0.2) is 0 Å². The molecule has 0 aliphatic carbocycles. The van der Waals surface area contributed by atoms with Crippen molar-refractivity contribution in [3.05, 3.63) is 18.0 Å². The number of hydrogen-bond acceptors (Lipinski definition) is 3. The normalized spacial score (nSPS) is 12.0. The molecule has 0 spiro atoms. The summed E-state index contributed by atoms with van der Waals surface area (Å²) < 4.78 is 7.82. The van der Waals surface area contributed by atoms with E-state index in [-0.39, 0.29) is 5.60 Å². The number of rotatable bonds is 7. The summed E-state index contributed by atoms with van der Waals surface area (Å²) in [5, 5.41) is 4.13. The Kier molecular flexibility index (Phi) is 4.96. The minimum absolute atomic E-state index is 0.140. The van der Waals surface area contributed by atoms with Crippen LogP contribution in [0, 0.1) is 0 Å². The van der Waals surface area contributed by atoms with Crippen molar-refractivity contribution in [1.82, 2.24) is 9.78 Å². The molecule has 0 aliphatic rings. The van der Waals surface area contributed by atoms with Crippen molar-refractivity contribution in [3.63, 3.8) is 0 Å². The molecule has 1 rings (SSSR count). The molecule has 0 radical (unpaired) electrons. The Morgan fingerprint density at radius 2 is 2.12 bits per heavy atom. The highest BCUT2D eigenvalue weighted by Gasteiger charge is 2.24. The van der Waals surface area contributed by atoms with Gasteiger partial charge >= 0.3 is 0 Å². The minimum atomic E-state index is -0.140. The molecule has 0 aliphatic heterocycles. The van der Waals surface area contributed by atoms with Gasteiger partial charge in [0.2, 0.25) is 0 Å². The van der Waals surface area contributed by atoms with Crippen LogP contribution in [0.4, 0.5) is 0 Å². The second-order valence-corrected chi connectivity index (χ2v) is 4.14. The van der Waals surface area contributed by atoms with Crippen molar-refractivity contribution in [3.8, 4) is 0 Å². The molecule has 1 aromatic heterocycles. The van der Waals surface area contributed by atoms with E-state index in [0.29, 0.717) is 13.2 Å². The van der Waals surface area contributed by atoms with Gasteiger partial charge in [0.05, 0.1) is 12.2 Å². The molecule has 1 aromatic rings. The van der Waals surface area contributed by atoms with Gasteiger partial charge in [0.1, 0.15) is 0 Å². The number of aromatic nitrogens is 2. The zero-order valence-corrected chi connectivity index (χ0v) is 10.6. The highest BCUT2D eigenvalue weighted by Crippen LogP contribution is 2.19. The van der Waals surface area contributed by atoms with E-state index in [4.69, 9.17) is 10.5 Å². The van der Waals surface area contributed by atoms with Gasteiger partial charge in [-0.2, -0.15) is 5.10 Å². The molecule has 0 aromatic carbocycles. The molecule has 0 unspecified atom stereocenters. The Hall–Kier alpha value is -0.870. The summed E-state index contributed by atoms with van der Waals surface area (Å²) >= 11 is 0. The predicted octanol–water partition coefficient (Wildman–Crippen LogP) is 1.50. The van der Waals surface area contributed by atoms with E-state index in [9.17, 15) is 0 Å². The third-order valence-corrected chi connectivity index (χ3v) is 3.35. The lowest BCUT2D eigenvalue weighted by atomic mass is 9.97. The molecule has 0 saturated carbocycles. The zero-order chi connectivity index (χ0) is 12.0. The van der Waals surface area contributed by atoms with Crippen molar-refractivity contribution in [2.45, 2.75) is 38.7 Å². The molecule has 92 valence electrons. The quantitative estimate of drug-likeness (QED) is 0.765. The predicted molar refractivity (Wildman–Crippen MR) is 65.2 cm³/mol. The first-order valence-electron chi connectivity index (χ1n) is 5.98. The lowest BCUT2D eigenvalue weighted by molar-refractivity contribution is -0.0433. The van der Waals surface area contributed by atoms with E-state index >= 15 is 0 Å². The summed E-state index contributed by atoms with van der Waals surface area (Å²) in [6.45, 7) is 5.55. The highest BCUT2D eigenvalue weighted by molar-refractivity contribution is 4.99. The van der Waals surface area contributed by atoms with Gasteiger partial charge in [-0.3, -0.25) is 4.68 Å². The fourth-order valence-corrected chi connectivity index (χ4v) is 1.82. The first-order chi connectivity index (χ1) is 7.67. The summed E-state index contributed by atoms with van der Waals surface area (Å²) in [6, 6.07) is 2.02. The zero-order valence-electron chi connectivity index (χ0n) is 10.6. The first-order valence-corrected chi connectivity index (χ1v) is 5.98. The van der Waals surface area contributed by atoms with Crippen LogP contribution in [0.2, 0.25) is 0 Å². The second-order valence-electron chi connectivity index (χ2n) is 4.14. The highest BCUT2D eigenvalue weighted by atomic mass is 16.5. The van der Waals surface area contributed by atoms with E-state index in [1.807, 2.05) is 24.0 Å². The molecule has 2 N–H and O–H groups in total. The Morgan fingerprint density at radius 3 is 2.56 bits per heavy atom. The van der Waals surface area contributed by atoms with Crippen molar-refractivity contribution in [2.24, 2.45) is 12.8 Å². The molecule has 0 atom stereocenters. The molecule has 4 nitrogen and oxygen atoms in total. The summed E-state index contributed by atoms with van der Waals surface area (Å²) in [4.78, 5) is 0. The number of ether oxygens (including phenoxy) is 1. The molecule has 1 heterocycles. The summed E-state index contributed by atoms with van der Waals surface area (Å²) in [6.07, 6.45) is 4.63. The fourth-order valence-electron chi connectivity index (χ4n) is 1.82. The Balaban J connectivity index is 2.42. The molecular weight excluding hydrogens is 202 g/mol. The van der Waals surface area contributed by atoms with E-state index in [0.717, 1.165) is 19.3 Å². The van der Waals surface area contributed by atoms with E-state index < -0.39 is 0 Å². The Labute approximate surface area is 97.8 Å². The van der Waals surface area contributed by atoms with Crippen LogP contribution in [0.25, 0.3) is 0 Å². The summed E-state index contributed by atoms with van der Waals surface area (Å²) in [5.74, 6) is 0. The minimum Gasteiger partial charge on any atom is -0.373 e. The van der Waals surface area contributed by atoms with Crippen LogP contribution in [0.15, 0.2) is 12.3 Å². The molecule has 16 heavy (non-hydrogen) atoms. The van der Waals surface area contributed by atoms with Crippen LogP contribution in [0.5, 0.6) is 0 Å². The molecule has 0 amide bonds. The monoisotopic (exact) mass is 225 g/mol. The SMILES string of the molecule is CCC(CC)(CN)OCCc1ccnn1C. The first kappa shape index (κ1) is 13.2. The number of nitrogens with two attached hydrogens (primary N) is 1. The lowest BCUT2D eigenvalue weighted by Crippen LogP contribution is -2.40. The number of nitrogens with zero attached hydrogens (tertiary/aromatic N) is 2. The third-order valence-electron chi connectivity index (χ3n) is 3.35. The summed E-state index contributed by atoms with van der Waals surface area (Å²) in [7, 11) is 1.95. The maximum Gasteiger partial charge on any atom is 0.0799 e. The van der Waals surface area contributed by atoms with Crippen LogP contribution in [-0.4, -0.2) is 28.5 Å². The standard InChI is InChI=1S/C12H23N3O/c1-4-12(5-2,10-13)16-9-7-11-6-8-14-15(11)3/h6,8H,4-5,7,9-10,13H2,1-3H3. The van der Waals surface area contributed by atoms with Gasteiger partial charge in [0, 0.05) is 31.9 Å². The maximum atomic E-state index is 5.94. The van der Waals surface area contributed by atoms with Gasteiger partial charge in [-0.05, 0) is 18.9 Å². The maximum absolute atomic E-state index is 5.94. The smallest absolute Gasteiger partial charge is 0.0799 e. The fraction of sp³-hybridized carbons (Fsp3) is 0.750. The van der Waals surface area contributed by atoms with E-state index in [1.165, 1.54) is 5.69 Å². The molecular formula is C12H23N3O. The molecule has 0 saturated heterocycles. The van der Waals surface area contributed by atoms with Gasteiger partial charge < -0.3 is 10.5 Å². The number of hydrogen-bond donors (Lipinski definition) is 1. The van der Waals surface area contributed by atoms with Gasteiger partial charge in [-0.15, -0.1) is 0 Å². The van der Waals surface area contributed by atoms with E-state index in [1.54, 1.807) is 0 Å². The third kappa shape index (κ3) is 3.06. The largest absolute Gasteiger partial charge is 0.373 e. The Morgan fingerprint density at radius 1 is 1.44 bits per heavy atom. The van der Waals surface area contributed by atoms with Crippen LogP contribution < -0.4 is 5.73 Å². The molecule has 0 fully saturated rings. The van der Waals surface area contributed by atoms with Crippen LogP contribution in [0.3, 0.4) is 0 Å².